The standard InChI is InChI=1S/C21H15ClN2O2/c22-19-8-4-3-7-18(19)20(25)23-15-9-11-16(12-10-15)24-13-14-5-1-2-6-17(14)21(24)26/h1-12H,13H2,(H,23,25). The van der Waals surface area contributed by atoms with Gasteiger partial charge < -0.3 is 10.2 Å². The predicted octanol–water partition coefficient (Wildman–Crippen LogP) is 4.75. The van der Waals surface area contributed by atoms with E-state index < -0.39 is 0 Å². The zero-order valence-electron chi connectivity index (χ0n) is 13.8. The van der Waals surface area contributed by atoms with Gasteiger partial charge in [-0.05, 0) is 48.0 Å². The molecule has 1 aliphatic heterocycles. The largest absolute Gasteiger partial charge is 0.322 e. The quantitative estimate of drug-likeness (QED) is 0.730. The van der Waals surface area contributed by atoms with Crippen molar-refractivity contribution in [3.8, 4) is 0 Å². The molecule has 3 aromatic carbocycles. The number of nitrogens with zero attached hydrogens (tertiary/aromatic N) is 1. The van der Waals surface area contributed by atoms with Crippen LogP contribution < -0.4 is 10.2 Å². The number of hydrogen-bond donors (Lipinski definition) is 1. The molecule has 26 heavy (non-hydrogen) atoms. The Morgan fingerprint density at radius 1 is 0.923 bits per heavy atom. The van der Waals surface area contributed by atoms with E-state index in [9.17, 15) is 9.59 Å². The third-order valence-electron chi connectivity index (χ3n) is 4.38. The fraction of sp³-hybridized carbons (Fsp3) is 0.0476. The molecule has 2 amide bonds. The molecule has 0 saturated carbocycles. The van der Waals surface area contributed by atoms with E-state index >= 15 is 0 Å². The lowest BCUT2D eigenvalue weighted by Crippen LogP contribution is -2.22. The van der Waals surface area contributed by atoms with Gasteiger partial charge in [0.05, 0.1) is 17.1 Å². The van der Waals surface area contributed by atoms with Crippen LogP contribution in [-0.4, -0.2) is 11.8 Å². The van der Waals surface area contributed by atoms with E-state index in [0.29, 0.717) is 22.8 Å². The van der Waals surface area contributed by atoms with Crippen molar-refractivity contribution in [2.75, 3.05) is 10.2 Å². The van der Waals surface area contributed by atoms with Crippen molar-refractivity contribution < 1.29 is 9.59 Å². The molecule has 0 bridgehead atoms. The van der Waals surface area contributed by atoms with E-state index in [1.165, 1.54) is 0 Å². The number of fused-ring (bicyclic) bond motifs is 1. The van der Waals surface area contributed by atoms with Crippen molar-refractivity contribution in [2.45, 2.75) is 6.54 Å². The molecule has 5 heteroatoms. The van der Waals surface area contributed by atoms with Gasteiger partial charge in [-0.2, -0.15) is 0 Å². The Morgan fingerprint density at radius 3 is 2.35 bits per heavy atom. The molecule has 0 atom stereocenters. The Morgan fingerprint density at radius 2 is 1.62 bits per heavy atom. The van der Waals surface area contributed by atoms with Crippen molar-refractivity contribution in [2.24, 2.45) is 0 Å². The fourth-order valence-corrected chi connectivity index (χ4v) is 3.25. The van der Waals surface area contributed by atoms with Gasteiger partial charge in [0.25, 0.3) is 11.8 Å². The minimum absolute atomic E-state index is 0.00606. The lowest BCUT2D eigenvalue weighted by atomic mass is 10.1. The van der Waals surface area contributed by atoms with Crippen molar-refractivity contribution in [3.63, 3.8) is 0 Å². The average Bonchev–Trinajstić information content (AvgIpc) is 3.00. The van der Waals surface area contributed by atoms with E-state index in [0.717, 1.165) is 16.8 Å². The van der Waals surface area contributed by atoms with Crippen LogP contribution in [0.25, 0.3) is 0 Å². The molecule has 0 radical (unpaired) electrons. The molecule has 4 nitrogen and oxygen atoms in total. The van der Waals surface area contributed by atoms with E-state index in [2.05, 4.69) is 5.32 Å². The Balaban J connectivity index is 1.51. The number of anilines is 2. The molecular weight excluding hydrogens is 348 g/mol. The summed E-state index contributed by atoms with van der Waals surface area (Å²) in [7, 11) is 0. The molecule has 0 spiro atoms. The number of hydrogen-bond acceptors (Lipinski definition) is 2. The molecule has 0 saturated heterocycles. The molecule has 4 rings (SSSR count). The summed E-state index contributed by atoms with van der Waals surface area (Å²) in [5, 5.41) is 3.22. The molecule has 1 heterocycles. The monoisotopic (exact) mass is 362 g/mol. The van der Waals surface area contributed by atoms with Gasteiger partial charge in [-0.25, -0.2) is 0 Å². The van der Waals surface area contributed by atoms with Gasteiger partial charge in [-0.3, -0.25) is 9.59 Å². The number of rotatable bonds is 3. The van der Waals surface area contributed by atoms with Crippen LogP contribution >= 0.6 is 11.6 Å². The summed E-state index contributed by atoms with van der Waals surface area (Å²) < 4.78 is 0. The summed E-state index contributed by atoms with van der Waals surface area (Å²) in [6, 6.07) is 21.7. The van der Waals surface area contributed by atoms with Gasteiger partial charge in [0.1, 0.15) is 0 Å². The Bertz CT molecular complexity index is 999. The van der Waals surface area contributed by atoms with Gasteiger partial charge in [-0.1, -0.05) is 41.9 Å². The Labute approximate surface area is 156 Å². The lowest BCUT2D eigenvalue weighted by molar-refractivity contribution is 0.0994. The van der Waals surface area contributed by atoms with E-state index in [4.69, 9.17) is 11.6 Å². The third kappa shape index (κ3) is 2.95. The first-order chi connectivity index (χ1) is 12.6. The van der Waals surface area contributed by atoms with Crippen LogP contribution in [0.15, 0.2) is 72.8 Å². The summed E-state index contributed by atoms with van der Waals surface area (Å²) >= 11 is 6.05. The van der Waals surface area contributed by atoms with Crippen LogP contribution in [0, 0.1) is 0 Å². The highest BCUT2D eigenvalue weighted by Crippen LogP contribution is 2.29. The Hall–Kier alpha value is -3.11. The minimum atomic E-state index is -0.270. The molecule has 1 N–H and O–H groups in total. The molecule has 0 aliphatic carbocycles. The first kappa shape index (κ1) is 16.4. The second-order valence-corrected chi connectivity index (χ2v) is 6.44. The first-order valence-electron chi connectivity index (χ1n) is 8.19. The van der Waals surface area contributed by atoms with E-state index in [1.807, 2.05) is 36.4 Å². The molecule has 0 fully saturated rings. The van der Waals surface area contributed by atoms with Crippen LogP contribution in [0.3, 0.4) is 0 Å². The van der Waals surface area contributed by atoms with Gasteiger partial charge in [-0.15, -0.1) is 0 Å². The van der Waals surface area contributed by atoms with Gasteiger partial charge in [0.15, 0.2) is 0 Å². The lowest BCUT2D eigenvalue weighted by Gasteiger charge is -2.16. The van der Waals surface area contributed by atoms with Crippen molar-refractivity contribution in [3.05, 3.63) is 94.5 Å². The molecule has 128 valence electrons. The minimum Gasteiger partial charge on any atom is -0.322 e. The second-order valence-electron chi connectivity index (χ2n) is 6.03. The predicted molar refractivity (Wildman–Crippen MR) is 103 cm³/mol. The van der Waals surface area contributed by atoms with Crippen LogP contribution in [0.1, 0.15) is 26.3 Å². The van der Waals surface area contributed by atoms with E-state index in [1.54, 1.807) is 41.3 Å². The van der Waals surface area contributed by atoms with Crippen LogP contribution in [-0.2, 0) is 6.54 Å². The zero-order valence-corrected chi connectivity index (χ0v) is 14.5. The van der Waals surface area contributed by atoms with Gasteiger partial charge in [0.2, 0.25) is 0 Å². The highest BCUT2D eigenvalue weighted by Gasteiger charge is 2.27. The summed E-state index contributed by atoms with van der Waals surface area (Å²) in [6.45, 7) is 0.556. The smallest absolute Gasteiger partial charge is 0.258 e. The molecule has 3 aromatic rings. The number of nitrogens with one attached hydrogen (secondary N) is 1. The Kier molecular flexibility index (Phi) is 4.19. The highest BCUT2D eigenvalue weighted by atomic mass is 35.5. The maximum absolute atomic E-state index is 12.5. The zero-order chi connectivity index (χ0) is 18.1. The van der Waals surface area contributed by atoms with Gasteiger partial charge in [0, 0.05) is 16.9 Å². The van der Waals surface area contributed by atoms with Crippen LogP contribution in [0.5, 0.6) is 0 Å². The highest BCUT2D eigenvalue weighted by molar-refractivity contribution is 6.34. The maximum atomic E-state index is 12.5. The second kappa shape index (κ2) is 6.65. The maximum Gasteiger partial charge on any atom is 0.258 e. The average molecular weight is 363 g/mol. The van der Waals surface area contributed by atoms with E-state index in [-0.39, 0.29) is 11.8 Å². The number of amides is 2. The first-order valence-corrected chi connectivity index (χ1v) is 8.57. The normalized spacial score (nSPS) is 12.8. The number of halogens is 1. The van der Waals surface area contributed by atoms with Gasteiger partial charge >= 0.3 is 0 Å². The number of carbonyl (C=O) groups is 2. The number of carbonyl (C=O) groups excluding carboxylic acids is 2. The summed E-state index contributed by atoms with van der Waals surface area (Å²) in [5.74, 6) is -0.276. The summed E-state index contributed by atoms with van der Waals surface area (Å²) in [5.41, 5.74) is 3.62. The van der Waals surface area contributed by atoms with Crippen LogP contribution in [0.4, 0.5) is 11.4 Å². The molecule has 0 unspecified atom stereocenters. The van der Waals surface area contributed by atoms with Crippen LogP contribution in [0.2, 0.25) is 5.02 Å². The molecular formula is C21H15ClN2O2. The third-order valence-corrected chi connectivity index (χ3v) is 4.71. The summed E-state index contributed by atoms with van der Waals surface area (Å²) in [6.07, 6.45) is 0. The SMILES string of the molecule is O=C(Nc1ccc(N2Cc3ccccc3C2=O)cc1)c1ccccc1Cl. The fourth-order valence-electron chi connectivity index (χ4n) is 3.03. The van der Waals surface area contributed by atoms with Crippen molar-refractivity contribution in [1.29, 1.82) is 0 Å². The topological polar surface area (TPSA) is 49.4 Å². The van der Waals surface area contributed by atoms with Crippen molar-refractivity contribution >= 4 is 34.8 Å². The molecule has 1 aliphatic rings. The molecule has 0 aromatic heterocycles. The number of benzene rings is 3. The summed E-state index contributed by atoms with van der Waals surface area (Å²) in [4.78, 5) is 26.6. The van der Waals surface area contributed by atoms with Crippen molar-refractivity contribution in [1.82, 2.24) is 0 Å².